The summed E-state index contributed by atoms with van der Waals surface area (Å²) >= 11 is 1.64. The molecule has 0 heterocycles. The standard InChI is InChI=1S/C15H22N2O2S/c1-20-13-7-4-6-12(9-13)16-15(19)17-14-8-3-2-5-11(14)10-18/h4,6-7,9,11,14,18H,2-3,5,8,10H2,1H3,(H2,16,17,19). The van der Waals surface area contributed by atoms with E-state index < -0.39 is 0 Å². The molecule has 1 aliphatic rings. The van der Waals surface area contributed by atoms with E-state index in [0.29, 0.717) is 0 Å². The van der Waals surface area contributed by atoms with Crippen molar-refractivity contribution in [3.05, 3.63) is 24.3 Å². The van der Waals surface area contributed by atoms with Crippen molar-refractivity contribution in [3.8, 4) is 0 Å². The third-order valence-corrected chi connectivity index (χ3v) is 4.51. The molecule has 2 amide bonds. The van der Waals surface area contributed by atoms with Gasteiger partial charge in [0.15, 0.2) is 0 Å². The largest absolute Gasteiger partial charge is 0.396 e. The molecule has 1 fully saturated rings. The lowest BCUT2D eigenvalue weighted by Gasteiger charge is -2.30. The summed E-state index contributed by atoms with van der Waals surface area (Å²) in [4.78, 5) is 13.2. The van der Waals surface area contributed by atoms with Crippen LogP contribution in [0.3, 0.4) is 0 Å². The highest BCUT2D eigenvalue weighted by molar-refractivity contribution is 7.98. The first-order chi connectivity index (χ1) is 9.72. The molecule has 2 atom stereocenters. The van der Waals surface area contributed by atoms with Crippen LogP contribution in [0.1, 0.15) is 25.7 Å². The Bertz CT molecular complexity index is 453. The van der Waals surface area contributed by atoms with Gasteiger partial charge in [0.05, 0.1) is 0 Å². The molecule has 2 rings (SSSR count). The molecule has 110 valence electrons. The Hall–Kier alpha value is -1.20. The summed E-state index contributed by atoms with van der Waals surface area (Å²) in [6.45, 7) is 0.146. The van der Waals surface area contributed by atoms with Crippen LogP contribution in [0.5, 0.6) is 0 Å². The van der Waals surface area contributed by atoms with Gasteiger partial charge in [0.25, 0.3) is 0 Å². The van der Waals surface area contributed by atoms with Gasteiger partial charge in [-0.05, 0) is 37.3 Å². The summed E-state index contributed by atoms with van der Waals surface area (Å²) in [6.07, 6.45) is 6.20. The molecule has 1 aromatic carbocycles. The van der Waals surface area contributed by atoms with E-state index in [1.165, 1.54) is 0 Å². The molecule has 3 N–H and O–H groups in total. The minimum Gasteiger partial charge on any atom is -0.396 e. The fourth-order valence-corrected chi connectivity index (χ4v) is 3.11. The second-order valence-electron chi connectivity index (χ2n) is 5.16. The van der Waals surface area contributed by atoms with Crippen molar-refractivity contribution in [1.82, 2.24) is 5.32 Å². The Morgan fingerprint density at radius 2 is 2.20 bits per heavy atom. The predicted molar refractivity (Wildman–Crippen MR) is 83.2 cm³/mol. The summed E-state index contributed by atoms with van der Waals surface area (Å²) in [5.74, 6) is 0.187. The van der Waals surface area contributed by atoms with Gasteiger partial charge in [-0.1, -0.05) is 18.9 Å². The maximum Gasteiger partial charge on any atom is 0.319 e. The van der Waals surface area contributed by atoms with Crippen LogP contribution in [0.25, 0.3) is 0 Å². The topological polar surface area (TPSA) is 61.4 Å². The third kappa shape index (κ3) is 4.15. The quantitative estimate of drug-likeness (QED) is 0.748. The van der Waals surface area contributed by atoms with E-state index >= 15 is 0 Å². The monoisotopic (exact) mass is 294 g/mol. The summed E-state index contributed by atoms with van der Waals surface area (Å²) in [5.41, 5.74) is 0.797. The van der Waals surface area contributed by atoms with Gasteiger partial charge in [0, 0.05) is 29.1 Å². The van der Waals surface area contributed by atoms with E-state index in [1.807, 2.05) is 30.5 Å². The van der Waals surface area contributed by atoms with E-state index in [2.05, 4.69) is 10.6 Å². The van der Waals surface area contributed by atoms with Gasteiger partial charge in [0.1, 0.15) is 0 Å². The lowest BCUT2D eigenvalue weighted by atomic mass is 9.85. The van der Waals surface area contributed by atoms with Crippen LogP contribution in [-0.4, -0.2) is 30.0 Å². The number of hydrogen-bond acceptors (Lipinski definition) is 3. The van der Waals surface area contributed by atoms with Crippen molar-refractivity contribution >= 4 is 23.5 Å². The zero-order valence-electron chi connectivity index (χ0n) is 11.8. The Kier molecular flexibility index (Phi) is 5.73. The van der Waals surface area contributed by atoms with Crippen molar-refractivity contribution in [2.24, 2.45) is 5.92 Å². The van der Waals surface area contributed by atoms with E-state index in [0.717, 1.165) is 36.3 Å². The highest BCUT2D eigenvalue weighted by Gasteiger charge is 2.25. The highest BCUT2D eigenvalue weighted by Crippen LogP contribution is 2.24. The van der Waals surface area contributed by atoms with Crippen LogP contribution in [0.2, 0.25) is 0 Å². The van der Waals surface area contributed by atoms with Gasteiger partial charge < -0.3 is 15.7 Å². The number of amides is 2. The molecule has 0 spiro atoms. The van der Waals surface area contributed by atoms with E-state index in [9.17, 15) is 9.90 Å². The van der Waals surface area contributed by atoms with Crippen LogP contribution in [0, 0.1) is 5.92 Å². The Morgan fingerprint density at radius 1 is 1.40 bits per heavy atom. The number of anilines is 1. The summed E-state index contributed by atoms with van der Waals surface area (Å²) in [7, 11) is 0. The minimum atomic E-state index is -0.186. The molecule has 0 aromatic heterocycles. The fraction of sp³-hybridized carbons (Fsp3) is 0.533. The van der Waals surface area contributed by atoms with Crippen LogP contribution in [0.4, 0.5) is 10.5 Å². The Labute approximate surface area is 124 Å². The van der Waals surface area contributed by atoms with Gasteiger partial charge in [0.2, 0.25) is 0 Å². The van der Waals surface area contributed by atoms with E-state index in [1.54, 1.807) is 11.8 Å². The number of carbonyl (C=O) groups excluding carboxylic acids is 1. The molecule has 1 saturated carbocycles. The summed E-state index contributed by atoms with van der Waals surface area (Å²) in [6, 6.07) is 7.67. The molecule has 0 bridgehead atoms. The molecular formula is C15H22N2O2S. The van der Waals surface area contributed by atoms with Crippen LogP contribution in [0.15, 0.2) is 29.2 Å². The zero-order valence-corrected chi connectivity index (χ0v) is 12.6. The number of nitrogens with one attached hydrogen (secondary N) is 2. The first kappa shape index (κ1) is 15.2. The first-order valence-corrected chi connectivity index (χ1v) is 8.28. The number of hydrogen-bond donors (Lipinski definition) is 3. The van der Waals surface area contributed by atoms with E-state index in [-0.39, 0.29) is 24.6 Å². The zero-order chi connectivity index (χ0) is 14.4. The van der Waals surface area contributed by atoms with Crippen LogP contribution in [-0.2, 0) is 0 Å². The lowest BCUT2D eigenvalue weighted by molar-refractivity contribution is 0.156. The second-order valence-corrected chi connectivity index (χ2v) is 6.04. The average molecular weight is 294 g/mol. The number of urea groups is 1. The number of thioether (sulfide) groups is 1. The van der Waals surface area contributed by atoms with Crippen molar-refractivity contribution in [2.75, 3.05) is 18.2 Å². The molecule has 20 heavy (non-hydrogen) atoms. The molecule has 0 aliphatic heterocycles. The number of carbonyl (C=O) groups is 1. The lowest BCUT2D eigenvalue weighted by Crippen LogP contribution is -2.45. The second kappa shape index (κ2) is 7.55. The van der Waals surface area contributed by atoms with Gasteiger partial charge in [-0.25, -0.2) is 4.79 Å². The SMILES string of the molecule is CSc1cccc(NC(=O)NC2CCCCC2CO)c1. The molecule has 0 saturated heterocycles. The average Bonchev–Trinajstić information content (AvgIpc) is 2.48. The van der Waals surface area contributed by atoms with Gasteiger partial charge >= 0.3 is 6.03 Å². The third-order valence-electron chi connectivity index (χ3n) is 3.79. The maximum atomic E-state index is 12.0. The molecule has 0 radical (unpaired) electrons. The first-order valence-electron chi connectivity index (χ1n) is 7.05. The number of rotatable bonds is 4. The predicted octanol–water partition coefficient (Wildman–Crippen LogP) is 3.08. The number of aliphatic hydroxyl groups is 1. The summed E-state index contributed by atoms with van der Waals surface area (Å²) < 4.78 is 0. The van der Waals surface area contributed by atoms with Crippen molar-refractivity contribution in [2.45, 2.75) is 36.6 Å². The highest BCUT2D eigenvalue weighted by atomic mass is 32.2. The number of aliphatic hydroxyl groups excluding tert-OH is 1. The molecule has 2 unspecified atom stereocenters. The molecule has 1 aliphatic carbocycles. The van der Waals surface area contributed by atoms with Crippen LogP contribution < -0.4 is 10.6 Å². The van der Waals surface area contributed by atoms with Gasteiger partial charge in [-0.2, -0.15) is 0 Å². The molecular weight excluding hydrogens is 272 g/mol. The van der Waals surface area contributed by atoms with Crippen LogP contribution >= 0.6 is 11.8 Å². The molecule has 5 heteroatoms. The Balaban J connectivity index is 1.90. The van der Waals surface area contributed by atoms with Crippen molar-refractivity contribution < 1.29 is 9.90 Å². The minimum absolute atomic E-state index is 0.0810. The van der Waals surface area contributed by atoms with E-state index in [4.69, 9.17) is 0 Å². The molecule has 4 nitrogen and oxygen atoms in total. The Morgan fingerprint density at radius 3 is 2.95 bits per heavy atom. The fourth-order valence-electron chi connectivity index (χ4n) is 2.65. The van der Waals surface area contributed by atoms with Gasteiger partial charge in [-0.3, -0.25) is 0 Å². The molecule has 1 aromatic rings. The smallest absolute Gasteiger partial charge is 0.319 e. The van der Waals surface area contributed by atoms with Crippen molar-refractivity contribution in [1.29, 1.82) is 0 Å². The van der Waals surface area contributed by atoms with Gasteiger partial charge in [-0.15, -0.1) is 11.8 Å². The normalized spacial score (nSPS) is 22.3. The van der Waals surface area contributed by atoms with Crippen molar-refractivity contribution in [3.63, 3.8) is 0 Å². The maximum absolute atomic E-state index is 12.0. The summed E-state index contributed by atoms with van der Waals surface area (Å²) in [5, 5.41) is 15.2. The number of benzene rings is 1.